The second-order valence-corrected chi connectivity index (χ2v) is 5.71. The number of amides is 2. The van der Waals surface area contributed by atoms with Gasteiger partial charge in [0.05, 0.1) is 14.2 Å². The number of hydrogen-bond donors (Lipinski definition) is 2. The maximum atomic E-state index is 12.6. The number of anilines is 1. The lowest BCUT2D eigenvalue weighted by Gasteiger charge is -2.27. The molecule has 0 saturated heterocycles. The molecule has 3 N–H and O–H groups in total. The molecule has 0 fully saturated rings. The van der Waals surface area contributed by atoms with Crippen molar-refractivity contribution in [1.82, 2.24) is 4.90 Å². The number of benzene rings is 2. The van der Waals surface area contributed by atoms with Crippen LogP contribution >= 0.6 is 0 Å². The van der Waals surface area contributed by atoms with Gasteiger partial charge in [0.15, 0.2) is 17.5 Å². The van der Waals surface area contributed by atoms with Gasteiger partial charge < -0.3 is 19.9 Å². The third-order valence-electron chi connectivity index (χ3n) is 3.99. The predicted octanol–water partition coefficient (Wildman–Crippen LogP) is 2.66. The smallest absolute Gasteiger partial charge is 0.330 e. The zero-order valence-electron chi connectivity index (χ0n) is 15.9. The van der Waals surface area contributed by atoms with Crippen LogP contribution in [0.4, 0.5) is 10.5 Å². The number of rotatable bonds is 6. The minimum atomic E-state index is -0.515. The van der Waals surface area contributed by atoms with Crippen LogP contribution in [0.5, 0.6) is 17.2 Å². The Morgan fingerprint density at radius 3 is 2.22 bits per heavy atom. The second-order valence-electron chi connectivity index (χ2n) is 5.71. The van der Waals surface area contributed by atoms with E-state index in [2.05, 4.69) is 0 Å². The van der Waals surface area contributed by atoms with Gasteiger partial charge >= 0.3 is 6.03 Å². The van der Waals surface area contributed by atoms with Crippen molar-refractivity contribution >= 4 is 17.7 Å². The van der Waals surface area contributed by atoms with Crippen molar-refractivity contribution in [3.8, 4) is 17.2 Å². The van der Waals surface area contributed by atoms with Crippen molar-refractivity contribution < 1.29 is 19.0 Å². The Morgan fingerprint density at radius 2 is 1.67 bits per heavy atom. The molecule has 2 aromatic carbocycles. The molecule has 27 heavy (non-hydrogen) atoms. The molecule has 8 heteroatoms. The number of guanidine groups is 1. The van der Waals surface area contributed by atoms with Gasteiger partial charge in [-0.05, 0) is 17.7 Å². The molecule has 8 nitrogen and oxygen atoms in total. The van der Waals surface area contributed by atoms with E-state index < -0.39 is 6.03 Å². The van der Waals surface area contributed by atoms with Crippen molar-refractivity contribution in [2.24, 2.45) is 5.73 Å². The van der Waals surface area contributed by atoms with Gasteiger partial charge in [-0.2, -0.15) is 0 Å². The van der Waals surface area contributed by atoms with Crippen molar-refractivity contribution in [3.63, 3.8) is 0 Å². The third kappa shape index (κ3) is 4.41. The van der Waals surface area contributed by atoms with Crippen LogP contribution in [0.25, 0.3) is 0 Å². The maximum Gasteiger partial charge on any atom is 0.330 e. The van der Waals surface area contributed by atoms with Gasteiger partial charge in [-0.1, -0.05) is 30.3 Å². The fraction of sp³-hybridized carbons (Fsp3) is 0.263. The molecule has 0 unspecified atom stereocenters. The van der Waals surface area contributed by atoms with E-state index in [0.717, 1.165) is 10.5 Å². The SMILES string of the molecule is COc1ccc(OCc2ccccc2)c(OC)c1N(C)C(=O)N(C)C(=N)N. The van der Waals surface area contributed by atoms with Crippen LogP contribution in [0.2, 0.25) is 0 Å². The Morgan fingerprint density at radius 1 is 1.04 bits per heavy atom. The lowest BCUT2D eigenvalue weighted by atomic mass is 10.2. The summed E-state index contributed by atoms with van der Waals surface area (Å²) in [6.45, 7) is 0.341. The molecule has 0 aromatic heterocycles. The average molecular weight is 372 g/mol. The molecule has 2 rings (SSSR count). The number of hydrogen-bond acceptors (Lipinski definition) is 5. The van der Waals surface area contributed by atoms with Gasteiger partial charge in [0.1, 0.15) is 18.0 Å². The van der Waals surface area contributed by atoms with Gasteiger partial charge in [0.25, 0.3) is 0 Å². The molecule has 2 amide bonds. The summed E-state index contributed by atoms with van der Waals surface area (Å²) in [6.07, 6.45) is 0. The summed E-state index contributed by atoms with van der Waals surface area (Å²) in [7, 11) is 5.94. The van der Waals surface area contributed by atoms with Gasteiger partial charge in [0, 0.05) is 14.1 Å². The summed E-state index contributed by atoms with van der Waals surface area (Å²) in [5, 5.41) is 7.46. The summed E-state index contributed by atoms with van der Waals surface area (Å²) in [4.78, 5) is 14.9. The van der Waals surface area contributed by atoms with E-state index in [1.807, 2.05) is 30.3 Å². The van der Waals surface area contributed by atoms with Crippen molar-refractivity contribution in [2.45, 2.75) is 6.61 Å². The predicted molar refractivity (Wildman–Crippen MR) is 104 cm³/mol. The number of urea groups is 1. The quantitative estimate of drug-likeness (QED) is 0.600. The number of nitrogens with zero attached hydrogens (tertiary/aromatic N) is 2. The van der Waals surface area contributed by atoms with Crippen LogP contribution in [0.15, 0.2) is 42.5 Å². The first-order valence-electron chi connectivity index (χ1n) is 8.17. The highest BCUT2D eigenvalue weighted by Gasteiger charge is 2.26. The van der Waals surface area contributed by atoms with Gasteiger partial charge in [0.2, 0.25) is 0 Å². The normalized spacial score (nSPS) is 10.1. The monoisotopic (exact) mass is 372 g/mol. The Balaban J connectivity index is 2.39. The molecule has 0 radical (unpaired) electrons. The van der Waals surface area contributed by atoms with Gasteiger partial charge in [-0.3, -0.25) is 15.2 Å². The molecule has 144 valence electrons. The molecule has 0 saturated carbocycles. The van der Waals surface area contributed by atoms with Crippen LogP contribution in [0, 0.1) is 5.41 Å². The molecule has 0 atom stereocenters. The van der Waals surface area contributed by atoms with E-state index >= 15 is 0 Å². The lowest BCUT2D eigenvalue weighted by molar-refractivity contribution is 0.232. The largest absolute Gasteiger partial charge is 0.494 e. The Hall–Kier alpha value is -3.42. The van der Waals surface area contributed by atoms with Crippen molar-refractivity contribution in [3.05, 3.63) is 48.0 Å². The Labute approximate surface area is 158 Å². The topological polar surface area (TPSA) is 101 Å². The van der Waals surface area contributed by atoms with Gasteiger partial charge in [-0.15, -0.1) is 0 Å². The van der Waals surface area contributed by atoms with E-state index in [1.165, 1.54) is 26.2 Å². The molecule has 2 aromatic rings. The fourth-order valence-corrected chi connectivity index (χ4v) is 2.49. The average Bonchev–Trinajstić information content (AvgIpc) is 2.70. The van der Waals surface area contributed by atoms with E-state index in [9.17, 15) is 4.79 Å². The number of carbonyl (C=O) groups is 1. The molecule has 0 aliphatic rings. The minimum Gasteiger partial charge on any atom is -0.494 e. The summed E-state index contributed by atoms with van der Waals surface area (Å²) < 4.78 is 16.8. The number of methoxy groups -OCH3 is 2. The summed E-state index contributed by atoms with van der Waals surface area (Å²) >= 11 is 0. The summed E-state index contributed by atoms with van der Waals surface area (Å²) in [6, 6.07) is 12.6. The zero-order valence-corrected chi connectivity index (χ0v) is 15.9. The van der Waals surface area contributed by atoms with Crippen LogP contribution in [-0.4, -0.2) is 45.2 Å². The van der Waals surface area contributed by atoms with Crippen LogP contribution in [0.3, 0.4) is 0 Å². The van der Waals surface area contributed by atoms with E-state index in [0.29, 0.717) is 29.5 Å². The van der Waals surface area contributed by atoms with Gasteiger partial charge in [-0.25, -0.2) is 4.79 Å². The van der Waals surface area contributed by atoms with Crippen LogP contribution in [0.1, 0.15) is 5.56 Å². The molecular weight excluding hydrogens is 348 g/mol. The molecule has 0 spiro atoms. The molecular formula is C19H24N4O4. The zero-order chi connectivity index (χ0) is 20.0. The first kappa shape index (κ1) is 19.9. The lowest BCUT2D eigenvalue weighted by Crippen LogP contribution is -2.45. The van der Waals surface area contributed by atoms with Crippen LogP contribution in [-0.2, 0) is 6.61 Å². The number of carbonyl (C=O) groups excluding carboxylic acids is 1. The van der Waals surface area contributed by atoms with Crippen molar-refractivity contribution in [1.29, 1.82) is 5.41 Å². The summed E-state index contributed by atoms with van der Waals surface area (Å²) in [5.41, 5.74) is 6.79. The second kappa shape index (κ2) is 8.79. The first-order chi connectivity index (χ1) is 12.9. The first-order valence-corrected chi connectivity index (χ1v) is 8.17. The van der Waals surface area contributed by atoms with E-state index in [1.54, 1.807) is 19.2 Å². The fourth-order valence-electron chi connectivity index (χ4n) is 2.49. The molecule has 0 bridgehead atoms. The number of nitrogens with two attached hydrogens (primary N) is 1. The third-order valence-corrected chi connectivity index (χ3v) is 3.99. The highest BCUT2D eigenvalue weighted by Crippen LogP contribution is 2.44. The standard InChI is InChI=1S/C19H24N4O4/c1-22(19(24)23(2)18(20)21)16-14(25-3)10-11-15(17(16)26-4)27-12-13-8-6-5-7-9-13/h5-11H,12H2,1-4H3,(H3,20,21). The summed E-state index contributed by atoms with van der Waals surface area (Å²) in [5.74, 6) is 0.855. The number of nitrogens with one attached hydrogen (secondary N) is 1. The van der Waals surface area contributed by atoms with Crippen molar-refractivity contribution in [2.75, 3.05) is 33.2 Å². The number of ether oxygens (including phenoxy) is 3. The maximum absolute atomic E-state index is 12.6. The van der Waals surface area contributed by atoms with E-state index in [4.69, 9.17) is 25.4 Å². The molecule has 0 aliphatic heterocycles. The molecule has 0 aliphatic carbocycles. The minimum absolute atomic E-state index is 0.341. The van der Waals surface area contributed by atoms with E-state index in [-0.39, 0.29) is 5.96 Å². The highest BCUT2D eigenvalue weighted by atomic mass is 16.5. The van der Waals surface area contributed by atoms with Crippen LogP contribution < -0.4 is 24.8 Å². The molecule has 0 heterocycles. The Bertz CT molecular complexity index is 811. The Kier molecular flexibility index (Phi) is 6.48. The highest BCUT2D eigenvalue weighted by molar-refractivity contribution is 6.03.